The highest BCUT2D eigenvalue weighted by Crippen LogP contribution is 2.32. The highest BCUT2D eigenvalue weighted by Gasteiger charge is 2.46. The summed E-state index contributed by atoms with van der Waals surface area (Å²) in [6, 6.07) is 17.1. The largest absolute Gasteiger partial charge is 0.388 e. The van der Waals surface area contributed by atoms with Crippen molar-refractivity contribution in [3.63, 3.8) is 0 Å². The van der Waals surface area contributed by atoms with Crippen LogP contribution in [0.3, 0.4) is 0 Å². The van der Waals surface area contributed by atoms with E-state index in [1.165, 1.54) is 0 Å². The Balaban J connectivity index is 2.65. The molecule has 0 aliphatic carbocycles. The van der Waals surface area contributed by atoms with E-state index in [0.717, 1.165) is 0 Å². The smallest absolute Gasteiger partial charge is 0.294 e. The van der Waals surface area contributed by atoms with Gasteiger partial charge in [-0.1, -0.05) is 60.7 Å². The summed E-state index contributed by atoms with van der Waals surface area (Å²) in [6.07, 6.45) is 0. The zero-order valence-corrected chi connectivity index (χ0v) is 9.69. The zero-order valence-electron chi connectivity index (χ0n) is 9.69. The molecule has 0 saturated carbocycles. The molecule has 0 aliphatic heterocycles. The van der Waals surface area contributed by atoms with Gasteiger partial charge in [0.15, 0.2) is 0 Å². The van der Waals surface area contributed by atoms with Crippen molar-refractivity contribution in [1.29, 1.82) is 0 Å². The fourth-order valence-corrected chi connectivity index (χ4v) is 2.05. The number of rotatable bonds is 4. The quantitative estimate of drug-likeness (QED) is 0.661. The lowest BCUT2D eigenvalue weighted by Crippen LogP contribution is -2.40. The van der Waals surface area contributed by atoms with Gasteiger partial charge in [0.1, 0.15) is 6.61 Å². The van der Waals surface area contributed by atoms with Gasteiger partial charge in [-0.25, -0.2) is 0 Å². The molecule has 2 rings (SSSR count). The van der Waals surface area contributed by atoms with E-state index in [4.69, 9.17) is 0 Å². The SMILES string of the molecule is O=[N+]([O-])C(CO)(c1ccccc1)c1ccccc1. The number of hydrogen-bond donors (Lipinski definition) is 1. The van der Waals surface area contributed by atoms with E-state index in [1.807, 2.05) is 0 Å². The number of nitrogens with zero attached hydrogens (tertiary/aromatic N) is 1. The highest BCUT2D eigenvalue weighted by molar-refractivity contribution is 5.36. The topological polar surface area (TPSA) is 63.4 Å². The second-order valence-corrected chi connectivity index (χ2v) is 4.01. The molecule has 0 amide bonds. The van der Waals surface area contributed by atoms with E-state index in [2.05, 4.69) is 0 Å². The molecule has 0 saturated heterocycles. The normalized spacial score (nSPS) is 11.2. The average molecular weight is 243 g/mol. The standard InChI is InChI=1S/C14H13NO3/c16-11-14(15(17)18,12-7-3-1-4-8-12)13-9-5-2-6-10-13/h1-10,16H,11H2. The van der Waals surface area contributed by atoms with Crippen molar-refractivity contribution in [3.05, 3.63) is 81.9 Å². The van der Waals surface area contributed by atoms with Crippen LogP contribution in [0.1, 0.15) is 11.1 Å². The number of aliphatic hydroxyl groups excluding tert-OH is 1. The Labute approximate surface area is 105 Å². The molecule has 4 nitrogen and oxygen atoms in total. The molecule has 0 unspecified atom stereocenters. The molecule has 0 aliphatic rings. The van der Waals surface area contributed by atoms with Gasteiger partial charge in [0.05, 0.1) is 0 Å². The van der Waals surface area contributed by atoms with Crippen LogP contribution < -0.4 is 0 Å². The predicted octanol–water partition coefficient (Wildman–Crippen LogP) is 2.20. The molecule has 0 spiro atoms. The van der Waals surface area contributed by atoms with Gasteiger partial charge in [0.25, 0.3) is 5.54 Å². The van der Waals surface area contributed by atoms with E-state index in [1.54, 1.807) is 60.7 Å². The average Bonchev–Trinajstić information content (AvgIpc) is 2.42. The van der Waals surface area contributed by atoms with Crippen LogP contribution in [0.4, 0.5) is 0 Å². The number of nitro groups is 1. The third kappa shape index (κ3) is 1.87. The lowest BCUT2D eigenvalue weighted by molar-refractivity contribution is -0.569. The van der Waals surface area contributed by atoms with Crippen molar-refractivity contribution in [2.45, 2.75) is 5.54 Å². The van der Waals surface area contributed by atoms with Gasteiger partial charge in [-0.15, -0.1) is 0 Å². The Kier molecular flexibility index (Phi) is 3.39. The second kappa shape index (κ2) is 4.98. The van der Waals surface area contributed by atoms with Gasteiger partial charge in [-0.3, -0.25) is 10.1 Å². The van der Waals surface area contributed by atoms with Crippen LogP contribution in [-0.4, -0.2) is 16.6 Å². The first-order chi connectivity index (χ1) is 8.71. The van der Waals surface area contributed by atoms with Crippen LogP contribution >= 0.6 is 0 Å². The first-order valence-corrected chi connectivity index (χ1v) is 5.58. The monoisotopic (exact) mass is 243 g/mol. The first-order valence-electron chi connectivity index (χ1n) is 5.58. The van der Waals surface area contributed by atoms with Gasteiger partial charge >= 0.3 is 0 Å². The lowest BCUT2D eigenvalue weighted by atomic mass is 9.84. The molecular formula is C14H13NO3. The summed E-state index contributed by atoms with van der Waals surface area (Å²) < 4.78 is 0. The molecule has 92 valence electrons. The second-order valence-electron chi connectivity index (χ2n) is 4.01. The van der Waals surface area contributed by atoms with E-state index < -0.39 is 17.1 Å². The van der Waals surface area contributed by atoms with Crippen molar-refractivity contribution in [2.75, 3.05) is 6.61 Å². The van der Waals surface area contributed by atoms with Crippen molar-refractivity contribution >= 4 is 0 Å². The van der Waals surface area contributed by atoms with Crippen LogP contribution in [0.15, 0.2) is 60.7 Å². The van der Waals surface area contributed by atoms with Gasteiger partial charge in [-0.2, -0.15) is 0 Å². The molecule has 0 heterocycles. The molecule has 2 aromatic carbocycles. The summed E-state index contributed by atoms with van der Waals surface area (Å²) in [5, 5.41) is 21.1. The maximum atomic E-state index is 11.5. The minimum absolute atomic E-state index is 0.433. The molecule has 18 heavy (non-hydrogen) atoms. The van der Waals surface area contributed by atoms with Crippen LogP contribution in [-0.2, 0) is 5.54 Å². The minimum atomic E-state index is -1.59. The molecule has 4 heteroatoms. The molecule has 0 radical (unpaired) electrons. The van der Waals surface area contributed by atoms with Crippen LogP contribution in [0.2, 0.25) is 0 Å². The highest BCUT2D eigenvalue weighted by atomic mass is 16.6. The van der Waals surface area contributed by atoms with E-state index in [-0.39, 0.29) is 0 Å². The van der Waals surface area contributed by atoms with Crippen LogP contribution in [0.25, 0.3) is 0 Å². The van der Waals surface area contributed by atoms with Gasteiger partial charge in [-0.05, 0) is 0 Å². The first kappa shape index (κ1) is 12.3. The third-order valence-electron chi connectivity index (χ3n) is 3.04. The fraction of sp³-hybridized carbons (Fsp3) is 0.143. The lowest BCUT2D eigenvalue weighted by Gasteiger charge is -2.24. The van der Waals surface area contributed by atoms with Crippen LogP contribution in [0.5, 0.6) is 0 Å². The summed E-state index contributed by atoms with van der Waals surface area (Å²) in [7, 11) is 0. The molecule has 0 atom stereocenters. The Hall–Kier alpha value is -2.20. The number of aliphatic hydroxyl groups is 1. The summed E-state index contributed by atoms with van der Waals surface area (Å²) >= 11 is 0. The fourth-order valence-electron chi connectivity index (χ4n) is 2.05. The predicted molar refractivity (Wildman–Crippen MR) is 67.7 cm³/mol. The molecule has 1 N–H and O–H groups in total. The molecule has 0 fully saturated rings. The van der Waals surface area contributed by atoms with Gasteiger partial charge < -0.3 is 5.11 Å². The van der Waals surface area contributed by atoms with Crippen LogP contribution in [0, 0.1) is 10.1 Å². The summed E-state index contributed by atoms with van der Waals surface area (Å²) in [4.78, 5) is 11.1. The Morgan fingerprint density at radius 3 is 1.61 bits per heavy atom. The van der Waals surface area contributed by atoms with Gasteiger partial charge in [0, 0.05) is 16.1 Å². The summed E-state index contributed by atoms with van der Waals surface area (Å²) in [5.41, 5.74) is -0.643. The maximum absolute atomic E-state index is 11.5. The van der Waals surface area contributed by atoms with E-state index in [0.29, 0.717) is 11.1 Å². The summed E-state index contributed by atoms with van der Waals surface area (Å²) in [5.74, 6) is 0. The molecular weight excluding hydrogens is 230 g/mol. The van der Waals surface area contributed by atoms with Crippen molar-refractivity contribution in [3.8, 4) is 0 Å². The van der Waals surface area contributed by atoms with Crippen molar-refractivity contribution in [1.82, 2.24) is 0 Å². The zero-order chi connectivity index (χ0) is 13.0. The Morgan fingerprint density at radius 1 is 0.944 bits per heavy atom. The van der Waals surface area contributed by atoms with Crippen molar-refractivity contribution < 1.29 is 10.0 Å². The number of hydrogen-bond acceptors (Lipinski definition) is 3. The Morgan fingerprint density at radius 2 is 1.33 bits per heavy atom. The van der Waals surface area contributed by atoms with Crippen molar-refractivity contribution in [2.24, 2.45) is 0 Å². The minimum Gasteiger partial charge on any atom is -0.388 e. The molecule has 0 aromatic heterocycles. The summed E-state index contributed by atoms with van der Waals surface area (Å²) in [6.45, 7) is -0.575. The van der Waals surface area contributed by atoms with E-state index >= 15 is 0 Å². The third-order valence-corrected chi connectivity index (χ3v) is 3.04. The van der Waals surface area contributed by atoms with Gasteiger partial charge in [0.2, 0.25) is 0 Å². The number of benzene rings is 2. The van der Waals surface area contributed by atoms with E-state index in [9.17, 15) is 15.2 Å². The molecule has 2 aromatic rings. The Bertz CT molecular complexity index is 486. The maximum Gasteiger partial charge on any atom is 0.294 e. The molecule has 0 bridgehead atoms.